The maximum Gasteiger partial charge on any atom is 0.122 e. The molecule has 2 aromatic rings. The van der Waals surface area contributed by atoms with E-state index in [1.54, 1.807) is 0 Å². The van der Waals surface area contributed by atoms with Crippen LogP contribution in [0.4, 0.5) is 0 Å². The standard InChI is InChI=1S/C7H4ClN2/c8-6-2-1-3-7-5(6)4-9-10-7/h1-3H,(H,9,10). The van der Waals surface area contributed by atoms with Crippen LogP contribution in [-0.4, -0.2) is 10.2 Å². The Morgan fingerprint density at radius 1 is 1.50 bits per heavy atom. The summed E-state index contributed by atoms with van der Waals surface area (Å²) < 4.78 is 0. The molecule has 0 atom stereocenters. The lowest BCUT2D eigenvalue weighted by Gasteiger charge is -1.88. The van der Waals surface area contributed by atoms with Crippen LogP contribution in [0.25, 0.3) is 10.9 Å². The van der Waals surface area contributed by atoms with Gasteiger partial charge in [0.1, 0.15) is 6.20 Å². The van der Waals surface area contributed by atoms with Gasteiger partial charge in [0.2, 0.25) is 0 Å². The Kier molecular flexibility index (Phi) is 1.14. The topological polar surface area (TPSA) is 28.7 Å². The van der Waals surface area contributed by atoms with Crippen LogP contribution in [0.1, 0.15) is 0 Å². The molecule has 49 valence electrons. The minimum atomic E-state index is 0.686. The summed E-state index contributed by atoms with van der Waals surface area (Å²) in [6, 6.07) is 5.59. The summed E-state index contributed by atoms with van der Waals surface area (Å²) in [5.41, 5.74) is 0.924. The first-order valence-electron chi connectivity index (χ1n) is 2.88. The van der Waals surface area contributed by atoms with Gasteiger partial charge in [0.25, 0.3) is 0 Å². The molecule has 1 radical (unpaired) electrons. The Morgan fingerprint density at radius 2 is 2.40 bits per heavy atom. The highest BCUT2D eigenvalue weighted by molar-refractivity contribution is 6.35. The van der Waals surface area contributed by atoms with E-state index in [1.165, 1.54) is 0 Å². The average Bonchev–Trinajstić information content (AvgIpc) is 2.36. The van der Waals surface area contributed by atoms with Crippen LogP contribution < -0.4 is 0 Å². The van der Waals surface area contributed by atoms with Gasteiger partial charge in [-0.1, -0.05) is 17.7 Å². The monoisotopic (exact) mass is 151 g/mol. The zero-order valence-corrected chi connectivity index (χ0v) is 5.81. The van der Waals surface area contributed by atoms with Crippen LogP contribution in [0.15, 0.2) is 18.2 Å². The van der Waals surface area contributed by atoms with Crippen molar-refractivity contribution < 1.29 is 0 Å². The van der Waals surface area contributed by atoms with E-state index in [-0.39, 0.29) is 0 Å². The lowest BCUT2D eigenvalue weighted by molar-refractivity contribution is 1.11. The fourth-order valence-electron chi connectivity index (χ4n) is 0.875. The highest BCUT2D eigenvalue weighted by atomic mass is 35.5. The third kappa shape index (κ3) is 0.693. The van der Waals surface area contributed by atoms with Crippen LogP contribution in [0, 0.1) is 6.20 Å². The summed E-state index contributed by atoms with van der Waals surface area (Å²) in [5.74, 6) is 0. The fourth-order valence-corrected chi connectivity index (χ4v) is 1.09. The molecule has 0 unspecified atom stereocenters. The zero-order valence-electron chi connectivity index (χ0n) is 5.06. The van der Waals surface area contributed by atoms with Gasteiger partial charge in [0.15, 0.2) is 0 Å². The second-order valence-electron chi connectivity index (χ2n) is 2.00. The molecule has 2 nitrogen and oxygen atoms in total. The van der Waals surface area contributed by atoms with E-state index >= 15 is 0 Å². The highest BCUT2D eigenvalue weighted by Crippen LogP contribution is 2.19. The molecule has 2 rings (SSSR count). The number of halogens is 1. The van der Waals surface area contributed by atoms with E-state index in [9.17, 15) is 0 Å². The van der Waals surface area contributed by atoms with Gasteiger partial charge in [-0.3, -0.25) is 5.10 Å². The van der Waals surface area contributed by atoms with Gasteiger partial charge in [0, 0.05) is 5.39 Å². The summed E-state index contributed by atoms with van der Waals surface area (Å²) in [6.45, 7) is 0. The van der Waals surface area contributed by atoms with Crippen molar-refractivity contribution in [3.63, 3.8) is 0 Å². The Bertz CT molecular complexity index is 353. The molecule has 1 heterocycles. The third-order valence-corrected chi connectivity index (χ3v) is 1.67. The predicted molar refractivity (Wildman–Crippen MR) is 39.9 cm³/mol. The zero-order chi connectivity index (χ0) is 6.97. The number of hydrogen-bond donors (Lipinski definition) is 1. The summed E-state index contributed by atoms with van der Waals surface area (Å²) in [7, 11) is 0. The minimum absolute atomic E-state index is 0.686. The van der Waals surface area contributed by atoms with Gasteiger partial charge < -0.3 is 0 Å². The van der Waals surface area contributed by atoms with E-state index in [1.807, 2.05) is 18.2 Å². The minimum Gasteiger partial charge on any atom is -0.277 e. The molecule has 10 heavy (non-hydrogen) atoms. The smallest absolute Gasteiger partial charge is 0.122 e. The van der Waals surface area contributed by atoms with Crippen LogP contribution in [0.2, 0.25) is 5.02 Å². The number of nitrogens with one attached hydrogen (secondary N) is 1. The van der Waals surface area contributed by atoms with Crippen LogP contribution in [-0.2, 0) is 0 Å². The number of H-pyrrole nitrogens is 1. The van der Waals surface area contributed by atoms with Gasteiger partial charge in [-0.15, -0.1) is 0 Å². The maximum atomic E-state index is 5.81. The quantitative estimate of drug-likeness (QED) is 0.613. The van der Waals surface area contributed by atoms with Crippen molar-refractivity contribution in [3.8, 4) is 0 Å². The molecule has 3 heteroatoms. The first kappa shape index (κ1) is 5.74. The van der Waals surface area contributed by atoms with Crippen LogP contribution >= 0.6 is 11.6 Å². The molecular formula is C7H4ClN2. The first-order valence-corrected chi connectivity index (χ1v) is 3.26. The van der Waals surface area contributed by atoms with Crippen molar-refractivity contribution in [1.29, 1.82) is 0 Å². The van der Waals surface area contributed by atoms with Crippen molar-refractivity contribution >= 4 is 22.5 Å². The number of aromatic nitrogens is 2. The van der Waals surface area contributed by atoms with Gasteiger partial charge >= 0.3 is 0 Å². The van der Waals surface area contributed by atoms with Crippen molar-refractivity contribution in [1.82, 2.24) is 10.2 Å². The lowest BCUT2D eigenvalue weighted by Crippen LogP contribution is -1.66. The molecule has 0 saturated carbocycles. The number of benzene rings is 1. The van der Waals surface area contributed by atoms with Gasteiger partial charge in [-0.05, 0) is 12.1 Å². The Labute approximate surface area is 62.8 Å². The molecule has 1 N–H and O–H groups in total. The SMILES string of the molecule is Clc1cccc2[nH]n[c]c12. The Morgan fingerprint density at radius 3 is 3.20 bits per heavy atom. The highest BCUT2D eigenvalue weighted by Gasteiger charge is 1.97. The molecule has 0 bridgehead atoms. The Balaban J connectivity index is 2.95. The summed E-state index contributed by atoms with van der Waals surface area (Å²) >= 11 is 5.81. The number of hydrogen-bond acceptors (Lipinski definition) is 1. The predicted octanol–water partition coefficient (Wildman–Crippen LogP) is 2.02. The van der Waals surface area contributed by atoms with Gasteiger partial charge in [0.05, 0.1) is 10.5 Å². The number of nitrogens with zero attached hydrogens (tertiary/aromatic N) is 1. The van der Waals surface area contributed by atoms with Crippen LogP contribution in [0.5, 0.6) is 0 Å². The second kappa shape index (κ2) is 1.99. The van der Waals surface area contributed by atoms with Crippen molar-refractivity contribution in [3.05, 3.63) is 29.4 Å². The van der Waals surface area contributed by atoms with Gasteiger partial charge in [-0.2, -0.15) is 5.10 Å². The normalized spacial score (nSPS) is 10.5. The van der Waals surface area contributed by atoms with Crippen molar-refractivity contribution in [2.24, 2.45) is 0 Å². The molecule has 0 aliphatic heterocycles. The second-order valence-corrected chi connectivity index (χ2v) is 2.41. The van der Waals surface area contributed by atoms with E-state index < -0.39 is 0 Å². The Hall–Kier alpha value is -1.02. The van der Waals surface area contributed by atoms with E-state index in [0.29, 0.717) is 5.02 Å². The maximum absolute atomic E-state index is 5.81. The van der Waals surface area contributed by atoms with E-state index in [4.69, 9.17) is 11.6 Å². The molecule has 0 amide bonds. The number of aromatic amines is 1. The summed E-state index contributed by atoms with van der Waals surface area (Å²) in [4.78, 5) is 0. The first-order chi connectivity index (χ1) is 4.88. The number of fused-ring (bicyclic) bond motifs is 1. The lowest BCUT2D eigenvalue weighted by atomic mass is 10.3. The summed E-state index contributed by atoms with van der Waals surface area (Å²) in [6.07, 6.45) is 2.75. The molecule has 1 aromatic heterocycles. The molecule has 0 fully saturated rings. The molecule has 0 spiro atoms. The largest absolute Gasteiger partial charge is 0.277 e. The molecule has 1 aromatic carbocycles. The summed E-state index contributed by atoms with van der Waals surface area (Å²) in [5, 5.41) is 8.04. The van der Waals surface area contributed by atoms with Crippen LogP contribution in [0.3, 0.4) is 0 Å². The molecule has 0 saturated heterocycles. The van der Waals surface area contributed by atoms with Crippen molar-refractivity contribution in [2.75, 3.05) is 0 Å². The van der Waals surface area contributed by atoms with E-state index in [2.05, 4.69) is 16.4 Å². The van der Waals surface area contributed by atoms with Crippen molar-refractivity contribution in [2.45, 2.75) is 0 Å². The third-order valence-electron chi connectivity index (χ3n) is 1.36. The van der Waals surface area contributed by atoms with Gasteiger partial charge in [-0.25, -0.2) is 0 Å². The molecular weight excluding hydrogens is 148 g/mol. The molecule has 0 aliphatic rings. The fraction of sp³-hybridized carbons (Fsp3) is 0. The number of rotatable bonds is 0. The average molecular weight is 152 g/mol. The van der Waals surface area contributed by atoms with E-state index in [0.717, 1.165) is 10.9 Å². The molecule has 0 aliphatic carbocycles.